The molecule has 0 N–H and O–H groups in total. The molecule has 0 aromatic rings. The van der Waals surface area contributed by atoms with Gasteiger partial charge in [-0.15, -0.1) is 0 Å². The predicted molar refractivity (Wildman–Crippen MR) is 240 cm³/mol. The maximum Gasteiger partial charge on any atom is 0.306 e. The molecule has 330 valence electrons. The van der Waals surface area contributed by atoms with Gasteiger partial charge in [-0.25, -0.2) is 0 Å². The predicted octanol–water partition coefficient (Wildman–Crippen LogP) is 13.2. The summed E-state index contributed by atoms with van der Waals surface area (Å²) in [6, 6.07) is 0. The van der Waals surface area contributed by atoms with Gasteiger partial charge >= 0.3 is 5.97 Å². The topological polar surface area (TPSA) is 94.1 Å². The fourth-order valence-corrected chi connectivity index (χ4v) is 6.48. The van der Waals surface area contributed by atoms with Gasteiger partial charge in [-0.2, -0.15) is 0 Å². The number of ether oxygens (including phenoxy) is 2. The number of carbonyl (C=O) groups excluding carboxylic acids is 1. The molecule has 0 rings (SSSR count). The average molecular weight is 820 g/mol. The van der Waals surface area contributed by atoms with Crippen LogP contribution in [0.1, 0.15) is 174 Å². The molecule has 0 aliphatic rings. The summed E-state index contributed by atoms with van der Waals surface area (Å²) in [5.74, 6) is -0.373. The van der Waals surface area contributed by atoms with Gasteiger partial charge in [-0.05, 0) is 63.9 Å². The lowest BCUT2D eigenvalue weighted by atomic mass is 10.0. The third-order valence-corrected chi connectivity index (χ3v) is 10.3. The number of nitrogens with zero attached hydrogens (tertiary/aromatic N) is 1. The Bertz CT molecular complexity index is 1140. The Morgan fingerprint density at radius 3 is 1.49 bits per heavy atom. The van der Waals surface area contributed by atoms with Crippen LogP contribution in [-0.2, 0) is 27.9 Å². The fraction of sp³-hybridized carbons (Fsp3) is 0.729. The van der Waals surface area contributed by atoms with Crippen LogP contribution in [0.4, 0.5) is 0 Å². The monoisotopic (exact) mass is 820 g/mol. The smallest absolute Gasteiger partial charge is 0.306 e. The van der Waals surface area contributed by atoms with Crippen LogP contribution in [0.25, 0.3) is 0 Å². The highest BCUT2D eigenvalue weighted by Crippen LogP contribution is 2.38. The van der Waals surface area contributed by atoms with Gasteiger partial charge in [0.1, 0.15) is 19.8 Å². The molecule has 0 saturated carbocycles. The highest BCUT2D eigenvalue weighted by atomic mass is 31.2. The van der Waals surface area contributed by atoms with Crippen molar-refractivity contribution in [1.29, 1.82) is 0 Å². The molecule has 0 amide bonds. The van der Waals surface area contributed by atoms with E-state index in [2.05, 4.69) is 62.5 Å². The summed E-state index contributed by atoms with van der Waals surface area (Å²) in [6.45, 7) is 4.59. The van der Waals surface area contributed by atoms with Crippen LogP contribution in [0.5, 0.6) is 0 Å². The minimum absolute atomic E-state index is 0.0137. The van der Waals surface area contributed by atoms with Gasteiger partial charge in [-0.1, -0.05) is 171 Å². The van der Waals surface area contributed by atoms with Crippen LogP contribution in [-0.4, -0.2) is 64.1 Å². The molecule has 8 nitrogen and oxygen atoms in total. The van der Waals surface area contributed by atoms with Crippen LogP contribution >= 0.6 is 7.82 Å². The minimum atomic E-state index is -4.53. The molecule has 0 aliphatic carbocycles. The van der Waals surface area contributed by atoms with Crippen molar-refractivity contribution < 1.29 is 37.3 Å². The van der Waals surface area contributed by atoms with Crippen molar-refractivity contribution in [2.75, 3.05) is 47.5 Å². The molecule has 0 fully saturated rings. The maximum atomic E-state index is 12.5. The van der Waals surface area contributed by atoms with Gasteiger partial charge in [0.25, 0.3) is 7.82 Å². The molecule has 9 heteroatoms. The second kappa shape index (κ2) is 40.6. The lowest BCUT2D eigenvalue weighted by Gasteiger charge is -2.28. The fourth-order valence-electron chi connectivity index (χ4n) is 5.75. The minimum Gasteiger partial charge on any atom is -0.756 e. The first-order valence-corrected chi connectivity index (χ1v) is 24.2. The number of hydrogen-bond donors (Lipinski definition) is 0. The number of quaternary nitrogens is 1. The zero-order valence-electron chi connectivity index (χ0n) is 37.3. The molecule has 0 saturated heterocycles. The van der Waals surface area contributed by atoms with Crippen LogP contribution < -0.4 is 4.89 Å². The van der Waals surface area contributed by atoms with E-state index in [9.17, 15) is 14.3 Å². The van der Waals surface area contributed by atoms with Crippen molar-refractivity contribution >= 4 is 13.8 Å². The van der Waals surface area contributed by atoms with Crippen molar-refractivity contribution in [3.05, 3.63) is 73.1 Å². The number of esters is 1. The normalized spacial score (nSPS) is 14.4. The van der Waals surface area contributed by atoms with Gasteiger partial charge in [0, 0.05) is 6.42 Å². The second-order valence-electron chi connectivity index (χ2n) is 16.1. The molecule has 0 aromatic carbocycles. The van der Waals surface area contributed by atoms with Gasteiger partial charge in [0.05, 0.1) is 34.0 Å². The van der Waals surface area contributed by atoms with Gasteiger partial charge in [0.15, 0.2) is 6.10 Å². The number of likely N-dealkylation sites (N-methyl/N-ethyl adjacent to an activating group) is 1. The SMILES string of the molecule is CCCCC/C=C\C/C=C\C/C=C\C/C=C\C/C=C\CCC(=O)OCC(COP(=O)([O-])OCC[N+](C)(C)C)O/C=C\CCCCCCCCCCCCCCCC. The Morgan fingerprint density at radius 1 is 0.561 bits per heavy atom. The van der Waals surface area contributed by atoms with E-state index in [1.807, 2.05) is 39.4 Å². The molecule has 2 atom stereocenters. The molecule has 0 radical (unpaired) electrons. The number of rotatable bonds is 41. The number of carbonyl (C=O) groups is 1. The number of phosphoric acid groups is 1. The molecule has 0 aromatic heterocycles. The van der Waals surface area contributed by atoms with E-state index in [0.717, 1.165) is 38.5 Å². The van der Waals surface area contributed by atoms with Crippen LogP contribution in [0.3, 0.4) is 0 Å². The number of phosphoric ester groups is 1. The summed E-state index contributed by atoms with van der Waals surface area (Å²) < 4.78 is 34.3. The summed E-state index contributed by atoms with van der Waals surface area (Å²) in [5, 5.41) is 0. The van der Waals surface area contributed by atoms with Crippen molar-refractivity contribution in [1.82, 2.24) is 0 Å². The maximum absolute atomic E-state index is 12.5. The molecular formula is C48H86NO7P. The van der Waals surface area contributed by atoms with E-state index in [0.29, 0.717) is 17.4 Å². The summed E-state index contributed by atoms with van der Waals surface area (Å²) in [7, 11) is 1.32. The van der Waals surface area contributed by atoms with E-state index in [4.69, 9.17) is 18.5 Å². The first-order chi connectivity index (χ1) is 27.6. The molecule has 0 aliphatic heterocycles. The van der Waals surface area contributed by atoms with Crippen molar-refractivity contribution in [3.8, 4) is 0 Å². The number of hydrogen-bond acceptors (Lipinski definition) is 7. The third-order valence-electron chi connectivity index (χ3n) is 9.36. The van der Waals surface area contributed by atoms with E-state index in [1.54, 1.807) is 6.26 Å². The summed E-state index contributed by atoms with van der Waals surface area (Å²) >= 11 is 0. The van der Waals surface area contributed by atoms with Gasteiger partial charge < -0.3 is 27.9 Å². The Morgan fingerprint density at radius 2 is 0.982 bits per heavy atom. The Kier molecular flexibility index (Phi) is 39.0. The van der Waals surface area contributed by atoms with Crippen molar-refractivity contribution in [2.24, 2.45) is 0 Å². The molecule has 0 heterocycles. The standard InChI is InChI=1S/C48H86NO7P/c1-6-8-10-12-14-16-18-20-22-24-25-26-27-29-31-33-35-37-39-41-48(50)54-45-47(46-56-57(51,52)55-44-42-49(3,4)5)53-43-40-38-36-34-32-30-28-23-21-19-17-15-13-11-9-7-2/h14,16,20,22,25-26,29,31,35,37,40,43,47H,6-13,15,17-19,21,23-24,27-28,30,32-34,36,38-39,41-42,44-46H2,1-5H3/b16-14-,22-20-,26-25-,31-29-,37-35-,43-40-. The highest BCUT2D eigenvalue weighted by Gasteiger charge is 2.19. The second-order valence-corrected chi connectivity index (χ2v) is 17.5. The molecule has 0 spiro atoms. The van der Waals surface area contributed by atoms with E-state index >= 15 is 0 Å². The van der Waals surface area contributed by atoms with Crippen molar-refractivity contribution in [3.63, 3.8) is 0 Å². The van der Waals surface area contributed by atoms with E-state index in [1.165, 1.54) is 109 Å². The first kappa shape index (κ1) is 54.8. The largest absolute Gasteiger partial charge is 0.756 e. The average Bonchev–Trinajstić information content (AvgIpc) is 3.17. The Labute approximate surface area is 351 Å². The number of allylic oxidation sites excluding steroid dienone is 11. The lowest BCUT2D eigenvalue weighted by Crippen LogP contribution is -2.37. The summed E-state index contributed by atoms with van der Waals surface area (Å²) in [5.41, 5.74) is 0. The molecule has 57 heavy (non-hydrogen) atoms. The zero-order chi connectivity index (χ0) is 42.0. The van der Waals surface area contributed by atoms with Crippen LogP contribution in [0.2, 0.25) is 0 Å². The van der Waals surface area contributed by atoms with Crippen LogP contribution in [0.15, 0.2) is 73.1 Å². The molecule has 0 bridgehead atoms. The highest BCUT2D eigenvalue weighted by molar-refractivity contribution is 7.45. The molecule has 2 unspecified atom stereocenters. The Hall–Kier alpha value is -2.22. The van der Waals surface area contributed by atoms with Gasteiger partial charge in [-0.3, -0.25) is 9.36 Å². The van der Waals surface area contributed by atoms with E-state index < -0.39 is 13.9 Å². The van der Waals surface area contributed by atoms with Crippen molar-refractivity contribution in [2.45, 2.75) is 180 Å². The quantitative estimate of drug-likeness (QED) is 0.0151. The first-order valence-electron chi connectivity index (χ1n) is 22.7. The van der Waals surface area contributed by atoms with Crippen LogP contribution in [0, 0.1) is 0 Å². The summed E-state index contributed by atoms with van der Waals surface area (Å²) in [6.07, 6.45) is 53.2. The Balaban J connectivity index is 4.40. The van der Waals surface area contributed by atoms with Gasteiger partial charge in [0.2, 0.25) is 0 Å². The summed E-state index contributed by atoms with van der Waals surface area (Å²) in [4.78, 5) is 24.8. The lowest BCUT2D eigenvalue weighted by molar-refractivity contribution is -0.870. The zero-order valence-corrected chi connectivity index (χ0v) is 38.2. The van der Waals surface area contributed by atoms with E-state index in [-0.39, 0.29) is 32.2 Å². The number of unbranched alkanes of at least 4 members (excludes halogenated alkanes) is 17. The third kappa shape index (κ3) is 44.7. The molecular weight excluding hydrogens is 734 g/mol.